The number of aryl methyl sites for hydroxylation is 1. The molecule has 6 nitrogen and oxygen atoms in total. The van der Waals surface area contributed by atoms with Gasteiger partial charge < -0.3 is 15.0 Å². The SMILES string of the molecule is CCc1ccccc1N1C[C@H](C(=O)OCC(=O)Nc2ccc(Cl)cc2F)CC1=O. The summed E-state index contributed by atoms with van der Waals surface area (Å²) in [5.74, 6) is -2.84. The number of halogens is 2. The van der Waals surface area contributed by atoms with Gasteiger partial charge in [0.1, 0.15) is 5.82 Å². The minimum Gasteiger partial charge on any atom is -0.455 e. The molecule has 1 atom stereocenters. The summed E-state index contributed by atoms with van der Waals surface area (Å²) in [7, 11) is 0. The lowest BCUT2D eigenvalue weighted by atomic mass is 10.1. The van der Waals surface area contributed by atoms with E-state index in [9.17, 15) is 18.8 Å². The van der Waals surface area contributed by atoms with Gasteiger partial charge in [0.2, 0.25) is 5.91 Å². The second-order valence-corrected chi connectivity index (χ2v) is 7.10. The van der Waals surface area contributed by atoms with Crippen LogP contribution in [-0.2, 0) is 25.5 Å². The number of para-hydroxylation sites is 1. The zero-order valence-electron chi connectivity index (χ0n) is 15.8. The summed E-state index contributed by atoms with van der Waals surface area (Å²) in [6, 6.07) is 11.3. The fourth-order valence-corrected chi connectivity index (χ4v) is 3.36. The van der Waals surface area contributed by atoms with Crippen molar-refractivity contribution in [1.82, 2.24) is 0 Å². The predicted molar refractivity (Wildman–Crippen MR) is 107 cm³/mol. The lowest BCUT2D eigenvalue weighted by Crippen LogP contribution is -2.28. The minimum absolute atomic E-state index is 0.0182. The van der Waals surface area contributed by atoms with Gasteiger partial charge in [-0.3, -0.25) is 14.4 Å². The molecule has 1 aliphatic heterocycles. The molecule has 0 saturated carbocycles. The number of carbonyl (C=O) groups is 3. The van der Waals surface area contributed by atoms with Crippen LogP contribution in [0.3, 0.4) is 0 Å². The molecule has 0 spiro atoms. The van der Waals surface area contributed by atoms with Crippen LogP contribution in [0.1, 0.15) is 18.9 Å². The molecule has 0 bridgehead atoms. The molecule has 0 aromatic heterocycles. The fraction of sp³-hybridized carbons (Fsp3) is 0.286. The van der Waals surface area contributed by atoms with Crippen LogP contribution in [-0.4, -0.2) is 30.9 Å². The summed E-state index contributed by atoms with van der Waals surface area (Å²) in [6.07, 6.45) is 0.779. The molecule has 0 unspecified atom stereocenters. The molecule has 1 aliphatic rings. The van der Waals surface area contributed by atoms with E-state index in [1.165, 1.54) is 12.1 Å². The van der Waals surface area contributed by atoms with Crippen LogP contribution < -0.4 is 10.2 Å². The van der Waals surface area contributed by atoms with E-state index < -0.39 is 30.2 Å². The Morgan fingerprint density at radius 3 is 2.76 bits per heavy atom. The molecular weight excluding hydrogens is 399 g/mol. The van der Waals surface area contributed by atoms with E-state index in [1.54, 1.807) is 4.90 Å². The lowest BCUT2D eigenvalue weighted by Gasteiger charge is -2.19. The van der Waals surface area contributed by atoms with E-state index in [2.05, 4.69) is 5.32 Å². The third kappa shape index (κ3) is 4.92. The first kappa shape index (κ1) is 20.8. The highest BCUT2D eigenvalue weighted by Crippen LogP contribution is 2.29. The average Bonchev–Trinajstić information content (AvgIpc) is 3.09. The third-order valence-electron chi connectivity index (χ3n) is 4.67. The highest BCUT2D eigenvalue weighted by molar-refractivity contribution is 6.30. The first-order chi connectivity index (χ1) is 13.9. The van der Waals surface area contributed by atoms with Gasteiger partial charge in [-0.1, -0.05) is 36.7 Å². The number of rotatable bonds is 6. The molecule has 0 aliphatic carbocycles. The zero-order valence-corrected chi connectivity index (χ0v) is 16.5. The summed E-state index contributed by atoms with van der Waals surface area (Å²) in [5, 5.41) is 2.52. The monoisotopic (exact) mass is 418 g/mol. The molecule has 1 fully saturated rings. The highest BCUT2D eigenvalue weighted by atomic mass is 35.5. The van der Waals surface area contributed by atoms with Crippen molar-refractivity contribution in [1.29, 1.82) is 0 Å². The number of hydrogen-bond acceptors (Lipinski definition) is 4. The topological polar surface area (TPSA) is 75.7 Å². The average molecular weight is 419 g/mol. The largest absolute Gasteiger partial charge is 0.455 e. The van der Waals surface area contributed by atoms with Gasteiger partial charge in [-0.05, 0) is 36.2 Å². The molecule has 2 aromatic rings. The van der Waals surface area contributed by atoms with Gasteiger partial charge >= 0.3 is 5.97 Å². The first-order valence-electron chi connectivity index (χ1n) is 9.18. The van der Waals surface area contributed by atoms with Crippen molar-refractivity contribution >= 4 is 40.8 Å². The molecule has 152 valence electrons. The van der Waals surface area contributed by atoms with E-state index in [4.69, 9.17) is 16.3 Å². The smallest absolute Gasteiger partial charge is 0.311 e. The van der Waals surface area contributed by atoms with Crippen LogP contribution in [0.4, 0.5) is 15.8 Å². The second kappa shape index (κ2) is 9.05. The molecule has 1 saturated heterocycles. The Morgan fingerprint density at radius 2 is 2.03 bits per heavy atom. The van der Waals surface area contributed by atoms with E-state index in [0.29, 0.717) is 0 Å². The highest BCUT2D eigenvalue weighted by Gasteiger charge is 2.37. The Kier molecular flexibility index (Phi) is 6.49. The van der Waals surface area contributed by atoms with Gasteiger partial charge in [-0.15, -0.1) is 0 Å². The van der Waals surface area contributed by atoms with Crippen LogP contribution >= 0.6 is 11.6 Å². The van der Waals surface area contributed by atoms with Gasteiger partial charge in [0.05, 0.1) is 11.6 Å². The predicted octanol–water partition coefficient (Wildman–Crippen LogP) is 3.58. The molecule has 1 heterocycles. The number of nitrogens with zero attached hydrogens (tertiary/aromatic N) is 1. The third-order valence-corrected chi connectivity index (χ3v) is 4.91. The Hall–Kier alpha value is -2.93. The Labute approximate surface area is 172 Å². The molecule has 29 heavy (non-hydrogen) atoms. The molecule has 2 amide bonds. The summed E-state index contributed by atoms with van der Waals surface area (Å²) in [6.45, 7) is 1.62. The molecule has 2 aromatic carbocycles. The van der Waals surface area contributed by atoms with Crippen LogP contribution in [0, 0.1) is 11.7 Å². The van der Waals surface area contributed by atoms with Crippen molar-refractivity contribution in [3.63, 3.8) is 0 Å². The Morgan fingerprint density at radius 1 is 1.28 bits per heavy atom. The van der Waals surface area contributed by atoms with E-state index >= 15 is 0 Å². The van der Waals surface area contributed by atoms with Gasteiger partial charge in [0.15, 0.2) is 6.61 Å². The summed E-state index contributed by atoms with van der Waals surface area (Å²) >= 11 is 5.66. The first-order valence-corrected chi connectivity index (χ1v) is 9.56. The zero-order chi connectivity index (χ0) is 21.0. The van der Waals surface area contributed by atoms with E-state index in [0.717, 1.165) is 23.7 Å². The standard InChI is InChI=1S/C21H20ClFN2O4/c1-2-13-5-3-4-6-18(13)25-11-14(9-20(25)27)21(28)29-12-19(26)24-17-8-7-15(22)10-16(17)23/h3-8,10,14H,2,9,11-12H2,1H3,(H,24,26)/t14-/m1/s1. The van der Waals surface area contributed by atoms with Crippen molar-refractivity contribution in [3.05, 3.63) is 58.9 Å². The number of hydrogen-bond donors (Lipinski definition) is 1. The summed E-state index contributed by atoms with van der Waals surface area (Å²) in [5.41, 5.74) is 1.74. The number of anilines is 2. The molecular formula is C21H20ClFN2O4. The number of esters is 1. The summed E-state index contributed by atoms with van der Waals surface area (Å²) in [4.78, 5) is 38.2. The molecule has 1 N–H and O–H groups in total. The molecule has 0 radical (unpaired) electrons. The van der Waals surface area contributed by atoms with Gasteiger partial charge in [-0.25, -0.2) is 4.39 Å². The maximum Gasteiger partial charge on any atom is 0.311 e. The number of nitrogens with one attached hydrogen (secondary N) is 1. The maximum absolute atomic E-state index is 13.7. The van der Waals surface area contributed by atoms with Crippen molar-refractivity contribution in [2.45, 2.75) is 19.8 Å². The second-order valence-electron chi connectivity index (χ2n) is 6.67. The fourth-order valence-electron chi connectivity index (χ4n) is 3.20. The number of benzene rings is 2. The van der Waals surface area contributed by atoms with Crippen molar-refractivity contribution in [2.75, 3.05) is 23.4 Å². The van der Waals surface area contributed by atoms with Gasteiger partial charge in [-0.2, -0.15) is 0 Å². The van der Waals surface area contributed by atoms with Gasteiger partial charge in [0, 0.05) is 23.7 Å². The van der Waals surface area contributed by atoms with Crippen molar-refractivity contribution in [2.24, 2.45) is 5.92 Å². The van der Waals surface area contributed by atoms with E-state index in [1.807, 2.05) is 31.2 Å². The maximum atomic E-state index is 13.7. The normalized spacial score (nSPS) is 16.0. The van der Waals surface area contributed by atoms with Crippen LogP contribution in [0.2, 0.25) is 5.02 Å². The van der Waals surface area contributed by atoms with Crippen molar-refractivity contribution < 1.29 is 23.5 Å². The van der Waals surface area contributed by atoms with Crippen LogP contribution in [0.5, 0.6) is 0 Å². The van der Waals surface area contributed by atoms with Gasteiger partial charge in [0.25, 0.3) is 5.91 Å². The number of carbonyl (C=O) groups excluding carboxylic acids is 3. The van der Waals surface area contributed by atoms with Crippen LogP contribution in [0.25, 0.3) is 0 Å². The number of amides is 2. The molecule has 3 rings (SSSR count). The Bertz CT molecular complexity index is 950. The van der Waals surface area contributed by atoms with Crippen LogP contribution in [0.15, 0.2) is 42.5 Å². The lowest BCUT2D eigenvalue weighted by molar-refractivity contribution is -0.151. The quantitative estimate of drug-likeness (QED) is 0.727. The van der Waals surface area contributed by atoms with E-state index in [-0.39, 0.29) is 29.6 Å². The molecule has 8 heteroatoms. The number of ether oxygens (including phenoxy) is 1. The van der Waals surface area contributed by atoms with Crippen molar-refractivity contribution in [3.8, 4) is 0 Å². The summed E-state index contributed by atoms with van der Waals surface area (Å²) < 4.78 is 18.7. The minimum atomic E-state index is -0.691. The Balaban J connectivity index is 1.56.